The standard InChI is InChI=1S/C11H14Cl2N2O/c1-16-9-7(4-6(12)5-8(9)13)10(14)11(15)2-3-11/h4-5,10H,2-3,14-15H2,1H3. The molecule has 0 aliphatic heterocycles. The molecule has 1 aliphatic rings. The molecule has 0 spiro atoms. The molecule has 88 valence electrons. The molecule has 0 heterocycles. The first-order valence-corrected chi connectivity index (χ1v) is 5.81. The summed E-state index contributed by atoms with van der Waals surface area (Å²) in [5, 5.41) is 1.00. The van der Waals surface area contributed by atoms with E-state index in [9.17, 15) is 0 Å². The number of hydrogen-bond acceptors (Lipinski definition) is 3. The second-order valence-electron chi connectivity index (χ2n) is 4.22. The lowest BCUT2D eigenvalue weighted by atomic mass is 9.98. The van der Waals surface area contributed by atoms with Crippen molar-refractivity contribution >= 4 is 23.2 Å². The van der Waals surface area contributed by atoms with E-state index in [1.165, 1.54) is 0 Å². The highest BCUT2D eigenvalue weighted by atomic mass is 35.5. The van der Waals surface area contributed by atoms with Crippen molar-refractivity contribution < 1.29 is 4.74 Å². The van der Waals surface area contributed by atoms with E-state index >= 15 is 0 Å². The van der Waals surface area contributed by atoms with Gasteiger partial charge in [0.15, 0.2) is 0 Å². The number of methoxy groups -OCH3 is 1. The van der Waals surface area contributed by atoms with Crippen LogP contribution in [-0.2, 0) is 0 Å². The van der Waals surface area contributed by atoms with Crippen LogP contribution in [0.25, 0.3) is 0 Å². The van der Waals surface area contributed by atoms with Gasteiger partial charge in [0.25, 0.3) is 0 Å². The highest BCUT2D eigenvalue weighted by Crippen LogP contribution is 2.46. The molecule has 0 bridgehead atoms. The average Bonchev–Trinajstić information content (AvgIpc) is 2.95. The molecular weight excluding hydrogens is 247 g/mol. The van der Waals surface area contributed by atoms with Crippen LogP contribution < -0.4 is 16.2 Å². The van der Waals surface area contributed by atoms with Crippen molar-refractivity contribution in [2.45, 2.75) is 24.4 Å². The first kappa shape index (κ1) is 12.0. The van der Waals surface area contributed by atoms with E-state index < -0.39 is 0 Å². The lowest BCUT2D eigenvalue weighted by Crippen LogP contribution is -2.36. The Balaban J connectivity index is 2.46. The van der Waals surface area contributed by atoms with Gasteiger partial charge in [0.2, 0.25) is 0 Å². The quantitative estimate of drug-likeness (QED) is 0.878. The second kappa shape index (κ2) is 4.08. The van der Waals surface area contributed by atoms with Gasteiger partial charge in [0.1, 0.15) is 5.75 Å². The molecule has 3 nitrogen and oxygen atoms in total. The van der Waals surface area contributed by atoms with E-state index in [-0.39, 0.29) is 11.6 Å². The number of halogens is 2. The molecule has 0 amide bonds. The van der Waals surface area contributed by atoms with E-state index in [1.807, 2.05) is 0 Å². The van der Waals surface area contributed by atoms with Gasteiger partial charge in [-0.1, -0.05) is 23.2 Å². The monoisotopic (exact) mass is 260 g/mol. The number of benzene rings is 1. The van der Waals surface area contributed by atoms with E-state index in [4.69, 9.17) is 39.4 Å². The predicted octanol–water partition coefficient (Wildman–Crippen LogP) is 2.49. The summed E-state index contributed by atoms with van der Waals surface area (Å²) in [6.07, 6.45) is 1.84. The minimum atomic E-state index is -0.332. The summed E-state index contributed by atoms with van der Waals surface area (Å²) in [5.41, 5.74) is 12.7. The zero-order valence-electron chi connectivity index (χ0n) is 8.97. The summed E-state index contributed by atoms with van der Waals surface area (Å²) in [7, 11) is 1.56. The fraction of sp³-hybridized carbons (Fsp3) is 0.455. The molecule has 0 aromatic heterocycles. The Kier molecular flexibility index (Phi) is 3.05. The molecule has 1 unspecified atom stereocenters. The lowest BCUT2D eigenvalue weighted by Gasteiger charge is -2.22. The Morgan fingerprint density at radius 3 is 2.50 bits per heavy atom. The topological polar surface area (TPSA) is 61.3 Å². The maximum Gasteiger partial charge on any atom is 0.142 e. The number of ether oxygens (including phenoxy) is 1. The highest BCUT2D eigenvalue weighted by molar-refractivity contribution is 6.35. The van der Waals surface area contributed by atoms with Gasteiger partial charge >= 0.3 is 0 Å². The SMILES string of the molecule is COc1c(Cl)cc(Cl)cc1C(N)C1(N)CC1. The lowest BCUT2D eigenvalue weighted by molar-refractivity contribution is 0.399. The van der Waals surface area contributed by atoms with Crippen LogP contribution in [0.5, 0.6) is 5.75 Å². The fourth-order valence-corrected chi connectivity index (χ4v) is 2.38. The summed E-state index contributed by atoms with van der Waals surface area (Å²) in [6, 6.07) is 3.11. The molecule has 1 fully saturated rings. The van der Waals surface area contributed by atoms with Crippen molar-refractivity contribution in [1.82, 2.24) is 0 Å². The maximum atomic E-state index is 6.13. The molecule has 16 heavy (non-hydrogen) atoms. The molecule has 1 atom stereocenters. The molecule has 4 N–H and O–H groups in total. The Bertz CT molecular complexity index is 419. The van der Waals surface area contributed by atoms with E-state index in [1.54, 1.807) is 19.2 Å². The van der Waals surface area contributed by atoms with Crippen LogP contribution in [0, 0.1) is 0 Å². The van der Waals surface area contributed by atoms with Gasteiger partial charge in [0, 0.05) is 16.1 Å². The summed E-state index contributed by atoms with van der Waals surface area (Å²) >= 11 is 12.0. The zero-order valence-corrected chi connectivity index (χ0v) is 10.5. The summed E-state index contributed by atoms with van der Waals surface area (Å²) in [5.74, 6) is 0.565. The molecular formula is C11H14Cl2N2O. The molecule has 1 aliphatic carbocycles. The van der Waals surface area contributed by atoms with Gasteiger partial charge in [-0.25, -0.2) is 0 Å². The Morgan fingerprint density at radius 2 is 2.00 bits per heavy atom. The van der Waals surface area contributed by atoms with Crippen molar-refractivity contribution in [2.24, 2.45) is 11.5 Å². The third-order valence-electron chi connectivity index (χ3n) is 3.02. The molecule has 5 heteroatoms. The number of nitrogens with two attached hydrogens (primary N) is 2. The summed E-state index contributed by atoms with van der Waals surface area (Å²) < 4.78 is 5.25. The van der Waals surface area contributed by atoms with Gasteiger partial charge in [-0.2, -0.15) is 0 Å². The van der Waals surface area contributed by atoms with E-state index in [0.717, 1.165) is 18.4 Å². The van der Waals surface area contributed by atoms with Gasteiger partial charge < -0.3 is 16.2 Å². The summed E-state index contributed by atoms with van der Waals surface area (Å²) in [6.45, 7) is 0. The smallest absolute Gasteiger partial charge is 0.142 e. The fourth-order valence-electron chi connectivity index (χ4n) is 1.79. The average molecular weight is 261 g/mol. The molecule has 2 rings (SSSR count). The van der Waals surface area contributed by atoms with Crippen LogP contribution >= 0.6 is 23.2 Å². The maximum absolute atomic E-state index is 6.13. The van der Waals surface area contributed by atoms with Crippen molar-refractivity contribution in [3.63, 3.8) is 0 Å². The van der Waals surface area contributed by atoms with Crippen LogP contribution in [0.4, 0.5) is 0 Å². The zero-order chi connectivity index (χ0) is 11.9. The van der Waals surface area contributed by atoms with Crippen LogP contribution in [0.15, 0.2) is 12.1 Å². The molecule has 1 aromatic carbocycles. The van der Waals surface area contributed by atoms with E-state index in [2.05, 4.69) is 0 Å². The van der Waals surface area contributed by atoms with Crippen LogP contribution in [0.2, 0.25) is 10.0 Å². The van der Waals surface area contributed by atoms with Gasteiger partial charge in [-0.15, -0.1) is 0 Å². The number of rotatable bonds is 3. The van der Waals surface area contributed by atoms with Crippen LogP contribution in [0.1, 0.15) is 24.4 Å². The molecule has 1 aromatic rings. The second-order valence-corrected chi connectivity index (χ2v) is 5.06. The first-order valence-electron chi connectivity index (χ1n) is 5.05. The van der Waals surface area contributed by atoms with Crippen LogP contribution in [0.3, 0.4) is 0 Å². The van der Waals surface area contributed by atoms with Crippen molar-refractivity contribution in [3.8, 4) is 5.75 Å². The van der Waals surface area contributed by atoms with Gasteiger partial charge in [-0.3, -0.25) is 0 Å². The third-order valence-corrected chi connectivity index (χ3v) is 3.52. The van der Waals surface area contributed by atoms with Crippen molar-refractivity contribution in [3.05, 3.63) is 27.7 Å². The highest BCUT2D eigenvalue weighted by Gasteiger charge is 2.45. The largest absolute Gasteiger partial charge is 0.495 e. The summed E-state index contributed by atoms with van der Waals surface area (Å²) in [4.78, 5) is 0. The Morgan fingerprint density at radius 1 is 1.38 bits per heavy atom. The first-order chi connectivity index (χ1) is 7.48. The predicted molar refractivity (Wildman–Crippen MR) is 66.1 cm³/mol. The van der Waals surface area contributed by atoms with Crippen molar-refractivity contribution in [2.75, 3.05) is 7.11 Å². The molecule has 0 radical (unpaired) electrons. The van der Waals surface area contributed by atoms with Crippen LogP contribution in [-0.4, -0.2) is 12.6 Å². The van der Waals surface area contributed by atoms with Gasteiger partial charge in [-0.05, 0) is 25.0 Å². The van der Waals surface area contributed by atoms with E-state index in [0.29, 0.717) is 15.8 Å². The molecule has 0 saturated heterocycles. The Labute approximate surface area is 105 Å². The van der Waals surface area contributed by atoms with Gasteiger partial charge in [0.05, 0.1) is 18.2 Å². The Hall–Kier alpha value is -0.480. The van der Waals surface area contributed by atoms with Crippen molar-refractivity contribution in [1.29, 1.82) is 0 Å². The minimum absolute atomic E-state index is 0.293. The normalized spacial score (nSPS) is 19.3. The number of hydrogen-bond donors (Lipinski definition) is 2. The minimum Gasteiger partial charge on any atom is -0.495 e. The third kappa shape index (κ3) is 2.00. The molecule has 1 saturated carbocycles.